The van der Waals surface area contributed by atoms with Crippen LogP contribution in [0.15, 0.2) is 39.5 Å². The van der Waals surface area contributed by atoms with E-state index in [1.54, 1.807) is 18.2 Å². The van der Waals surface area contributed by atoms with Gasteiger partial charge in [-0.05, 0) is 49.6 Å². The monoisotopic (exact) mass is 312 g/mol. The minimum absolute atomic E-state index is 0.115. The molecule has 0 spiro atoms. The molecule has 5 nitrogen and oxygen atoms in total. The Bertz CT molecular complexity index is 813. The summed E-state index contributed by atoms with van der Waals surface area (Å²) in [6, 6.07) is 8.49. The molecule has 2 fully saturated rings. The van der Waals surface area contributed by atoms with Gasteiger partial charge in [0.2, 0.25) is 5.91 Å². The maximum Gasteiger partial charge on any atom is 0.336 e. The zero-order valence-electron chi connectivity index (χ0n) is 12.9. The molecule has 0 radical (unpaired) electrons. The average molecular weight is 312 g/mol. The predicted octanol–water partition coefficient (Wildman–Crippen LogP) is 2.51. The van der Waals surface area contributed by atoms with Crippen LogP contribution in [0.5, 0.6) is 0 Å². The Balaban J connectivity index is 1.61. The Hall–Kier alpha value is -2.14. The summed E-state index contributed by atoms with van der Waals surface area (Å²) >= 11 is 0. The topological polar surface area (TPSA) is 71.3 Å². The first-order valence-electron chi connectivity index (χ1n) is 8.23. The molecule has 1 aromatic carbocycles. The zero-order valence-corrected chi connectivity index (χ0v) is 12.9. The van der Waals surface area contributed by atoms with Crippen molar-refractivity contribution >= 4 is 22.6 Å². The number of hydrogen-bond acceptors (Lipinski definition) is 4. The quantitative estimate of drug-likeness (QED) is 0.836. The van der Waals surface area contributed by atoms with E-state index >= 15 is 0 Å². The molecule has 2 N–H and O–H groups in total. The van der Waals surface area contributed by atoms with Crippen molar-refractivity contribution in [2.24, 2.45) is 11.3 Å². The summed E-state index contributed by atoms with van der Waals surface area (Å²) in [5.41, 5.74) is 0.653. The molecular weight excluding hydrogens is 292 g/mol. The molecule has 1 saturated carbocycles. The Morgan fingerprint density at radius 2 is 2.17 bits per heavy atom. The standard InChI is InChI=1S/C18H20N2O3/c21-16-7-4-12-9-14(5-6-15(12)23-16)20-17(22)18-8-2-1-3-13(18)10-19-11-18/h4-7,9,13,19H,1-3,8,10-11H2,(H,20,22)/t13-,18+/m0/s1. The summed E-state index contributed by atoms with van der Waals surface area (Å²) in [5.74, 6) is 0.554. The summed E-state index contributed by atoms with van der Waals surface area (Å²) in [6.45, 7) is 1.71. The normalized spacial score (nSPS) is 26.9. The maximum atomic E-state index is 12.9. The summed E-state index contributed by atoms with van der Waals surface area (Å²) < 4.78 is 5.13. The molecule has 4 rings (SSSR count). The first kappa shape index (κ1) is 14.5. The summed E-state index contributed by atoms with van der Waals surface area (Å²) in [6.07, 6.45) is 4.42. The molecular formula is C18H20N2O3. The van der Waals surface area contributed by atoms with E-state index in [-0.39, 0.29) is 16.9 Å². The summed E-state index contributed by atoms with van der Waals surface area (Å²) in [4.78, 5) is 24.2. The van der Waals surface area contributed by atoms with Crippen LogP contribution in [0.4, 0.5) is 5.69 Å². The number of benzene rings is 1. The minimum Gasteiger partial charge on any atom is -0.423 e. The van der Waals surface area contributed by atoms with Gasteiger partial charge in [0.25, 0.3) is 0 Å². The SMILES string of the molecule is O=C(Nc1ccc2oc(=O)ccc2c1)[C@@]12CCCC[C@H]1CNC2. The highest BCUT2D eigenvalue weighted by Gasteiger charge is 2.49. The molecule has 1 saturated heterocycles. The van der Waals surface area contributed by atoms with Crippen LogP contribution in [0.25, 0.3) is 11.0 Å². The van der Waals surface area contributed by atoms with Gasteiger partial charge in [0.15, 0.2) is 0 Å². The molecule has 2 aromatic rings. The lowest BCUT2D eigenvalue weighted by Crippen LogP contribution is -2.44. The number of fused-ring (bicyclic) bond motifs is 2. The third-order valence-electron chi connectivity index (χ3n) is 5.37. The van der Waals surface area contributed by atoms with Gasteiger partial charge in [-0.1, -0.05) is 12.8 Å². The first-order chi connectivity index (χ1) is 11.2. The van der Waals surface area contributed by atoms with E-state index in [2.05, 4.69) is 10.6 Å². The van der Waals surface area contributed by atoms with Crippen molar-refractivity contribution in [3.63, 3.8) is 0 Å². The van der Waals surface area contributed by atoms with Gasteiger partial charge in [-0.3, -0.25) is 4.79 Å². The number of amides is 1. The van der Waals surface area contributed by atoms with Crippen LogP contribution in [0.3, 0.4) is 0 Å². The Kier molecular flexibility index (Phi) is 3.45. The van der Waals surface area contributed by atoms with Crippen LogP contribution in [-0.4, -0.2) is 19.0 Å². The second kappa shape index (κ2) is 5.49. The molecule has 1 aromatic heterocycles. The van der Waals surface area contributed by atoms with Gasteiger partial charge in [-0.2, -0.15) is 0 Å². The molecule has 1 aliphatic carbocycles. The van der Waals surface area contributed by atoms with Gasteiger partial charge in [0, 0.05) is 23.7 Å². The number of carbonyl (C=O) groups is 1. The number of rotatable bonds is 2. The number of hydrogen-bond donors (Lipinski definition) is 2. The van der Waals surface area contributed by atoms with Crippen LogP contribution < -0.4 is 16.3 Å². The van der Waals surface area contributed by atoms with Gasteiger partial charge >= 0.3 is 5.63 Å². The van der Waals surface area contributed by atoms with Crippen LogP contribution in [0.2, 0.25) is 0 Å². The first-order valence-corrected chi connectivity index (χ1v) is 8.23. The molecule has 1 aliphatic heterocycles. The fourth-order valence-corrected chi connectivity index (χ4v) is 4.10. The lowest BCUT2D eigenvalue weighted by molar-refractivity contribution is -0.128. The maximum absolute atomic E-state index is 12.9. The van der Waals surface area contributed by atoms with Gasteiger partial charge < -0.3 is 15.1 Å². The lowest BCUT2D eigenvalue weighted by atomic mass is 9.67. The molecule has 120 valence electrons. The minimum atomic E-state index is -0.366. The van der Waals surface area contributed by atoms with E-state index in [0.29, 0.717) is 11.5 Å². The van der Waals surface area contributed by atoms with E-state index < -0.39 is 0 Å². The van der Waals surface area contributed by atoms with Crippen molar-refractivity contribution in [1.82, 2.24) is 5.32 Å². The van der Waals surface area contributed by atoms with Crippen molar-refractivity contribution in [3.8, 4) is 0 Å². The number of nitrogens with one attached hydrogen (secondary N) is 2. The zero-order chi connectivity index (χ0) is 15.9. The van der Waals surface area contributed by atoms with Crippen molar-refractivity contribution in [3.05, 3.63) is 40.8 Å². The Labute approximate surface area is 134 Å². The molecule has 2 aliphatic rings. The van der Waals surface area contributed by atoms with Gasteiger partial charge in [0.1, 0.15) is 5.58 Å². The van der Waals surface area contributed by atoms with Gasteiger partial charge in [0.05, 0.1) is 5.41 Å². The van der Waals surface area contributed by atoms with E-state index in [9.17, 15) is 9.59 Å². The highest BCUT2D eigenvalue weighted by Crippen LogP contribution is 2.44. The predicted molar refractivity (Wildman–Crippen MR) is 88.4 cm³/mol. The third kappa shape index (κ3) is 2.45. The van der Waals surface area contributed by atoms with Crippen LogP contribution in [0.1, 0.15) is 25.7 Å². The average Bonchev–Trinajstić information content (AvgIpc) is 3.00. The third-order valence-corrected chi connectivity index (χ3v) is 5.37. The van der Waals surface area contributed by atoms with E-state index in [1.807, 2.05) is 6.07 Å². The van der Waals surface area contributed by atoms with Gasteiger partial charge in [-0.25, -0.2) is 4.79 Å². The largest absolute Gasteiger partial charge is 0.423 e. The fraction of sp³-hybridized carbons (Fsp3) is 0.444. The highest BCUT2D eigenvalue weighted by atomic mass is 16.4. The highest BCUT2D eigenvalue weighted by molar-refractivity contribution is 5.97. The second-order valence-corrected chi connectivity index (χ2v) is 6.69. The van der Waals surface area contributed by atoms with E-state index in [4.69, 9.17) is 4.42 Å². The number of carbonyl (C=O) groups excluding carboxylic acids is 1. The molecule has 2 atom stereocenters. The molecule has 0 unspecified atom stereocenters. The summed E-state index contributed by atoms with van der Waals surface area (Å²) in [7, 11) is 0. The van der Waals surface area contributed by atoms with Crippen molar-refractivity contribution in [2.45, 2.75) is 25.7 Å². The van der Waals surface area contributed by atoms with Crippen LogP contribution >= 0.6 is 0 Å². The van der Waals surface area contributed by atoms with Crippen molar-refractivity contribution < 1.29 is 9.21 Å². The van der Waals surface area contributed by atoms with Gasteiger partial charge in [-0.15, -0.1) is 0 Å². The van der Waals surface area contributed by atoms with Crippen LogP contribution in [-0.2, 0) is 4.79 Å². The lowest BCUT2D eigenvalue weighted by Gasteiger charge is -2.37. The number of anilines is 1. The summed E-state index contributed by atoms with van der Waals surface area (Å²) in [5, 5.41) is 7.29. The molecule has 0 bridgehead atoms. The molecule has 23 heavy (non-hydrogen) atoms. The smallest absolute Gasteiger partial charge is 0.336 e. The van der Waals surface area contributed by atoms with E-state index in [1.165, 1.54) is 12.5 Å². The molecule has 2 heterocycles. The Morgan fingerprint density at radius 3 is 3.09 bits per heavy atom. The second-order valence-electron chi connectivity index (χ2n) is 6.69. The van der Waals surface area contributed by atoms with Crippen molar-refractivity contribution in [2.75, 3.05) is 18.4 Å². The Morgan fingerprint density at radius 1 is 1.26 bits per heavy atom. The van der Waals surface area contributed by atoms with Crippen LogP contribution in [0, 0.1) is 11.3 Å². The molecule has 1 amide bonds. The van der Waals surface area contributed by atoms with Crippen molar-refractivity contribution in [1.29, 1.82) is 0 Å². The van der Waals surface area contributed by atoms with E-state index in [0.717, 1.165) is 43.4 Å². The fourth-order valence-electron chi connectivity index (χ4n) is 4.10. The molecule has 5 heteroatoms.